The molecule has 0 aliphatic heterocycles. The molecular weight excluding hydrogens is 262 g/mol. The fraction of sp³-hybridized carbons (Fsp3) is 0.333. The minimum Gasteiger partial charge on any atom is -0.473 e. The van der Waals surface area contributed by atoms with Crippen molar-refractivity contribution in [1.82, 2.24) is 4.98 Å². The molecule has 0 fully saturated rings. The van der Waals surface area contributed by atoms with Crippen molar-refractivity contribution >= 4 is 5.78 Å². The SMILES string of the molecule is CC.O=C1CCCc2cc(OCc3ccccc3)ncc21. The molecule has 0 saturated heterocycles. The van der Waals surface area contributed by atoms with Gasteiger partial charge in [0.05, 0.1) is 0 Å². The van der Waals surface area contributed by atoms with Crippen LogP contribution in [0.4, 0.5) is 0 Å². The van der Waals surface area contributed by atoms with Crippen LogP contribution in [0.2, 0.25) is 0 Å². The van der Waals surface area contributed by atoms with Crippen LogP contribution in [0.3, 0.4) is 0 Å². The lowest BCUT2D eigenvalue weighted by Crippen LogP contribution is -2.11. The highest BCUT2D eigenvalue weighted by molar-refractivity contribution is 5.98. The number of aromatic nitrogens is 1. The van der Waals surface area contributed by atoms with Gasteiger partial charge in [-0.3, -0.25) is 4.79 Å². The van der Waals surface area contributed by atoms with Gasteiger partial charge >= 0.3 is 0 Å². The number of aryl methyl sites for hydroxylation is 1. The summed E-state index contributed by atoms with van der Waals surface area (Å²) in [5.41, 5.74) is 2.94. The second-order valence-electron chi connectivity index (χ2n) is 4.73. The number of hydrogen-bond acceptors (Lipinski definition) is 3. The Morgan fingerprint density at radius 1 is 1.14 bits per heavy atom. The molecule has 3 heteroatoms. The van der Waals surface area contributed by atoms with Crippen LogP contribution in [0.25, 0.3) is 0 Å². The lowest BCUT2D eigenvalue weighted by molar-refractivity contribution is 0.0972. The number of benzene rings is 1. The highest BCUT2D eigenvalue weighted by Gasteiger charge is 2.18. The first kappa shape index (κ1) is 15.2. The second kappa shape index (κ2) is 7.58. The number of carbonyl (C=O) groups is 1. The monoisotopic (exact) mass is 283 g/mol. The van der Waals surface area contributed by atoms with E-state index in [0.717, 1.165) is 29.5 Å². The molecule has 0 unspecified atom stereocenters. The van der Waals surface area contributed by atoms with Crippen molar-refractivity contribution in [3.05, 3.63) is 59.3 Å². The van der Waals surface area contributed by atoms with Crippen molar-refractivity contribution in [3.8, 4) is 5.88 Å². The maximum atomic E-state index is 11.7. The third-order valence-corrected chi connectivity index (χ3v) is 3.34. The lowest BCUT2D eigenvalue weighted by atomic mass is 9.92. The van der Waals surface area contributed by atoms with E-state index in [1.165, 1.54) is 0 Å². The van der Waals surface area contributed by atoms with E-state index in [-0.39, 0.29) is 5.78 Å². The van der Waals surface area contributed by atoms with E-state index in [1.54, 1.807) is 6.20 Å². The number of carbonyl (C=O) groups excluding carboxylic acids is 1. The van der Waals surface area contributed by atoms with E-state index in [4.69, 9.17) is 4.74 Å². The molecule has 1 aromatic heterocycles. The molecule has 0 spiro atoms. The van der Waals surface area contributed by atoms with E-state index < -0.39 is 0 Å². The van der Waals surface area contributed by atoms with E-state index in [9.17, 15) is 4.79 Å². The smallest absolute Gasteiger partial charge is 0.213 e. The number of rotatable bonds is 3. The zero-order valence-corrected chi connectivity index (χ0v) is 12.6. The zero-order valence-electron chi connectivity index (χ0n) is 12.6. The summed E-state index contributed by atoms with van der Waals surface area (Å²) in [5, 5.41) is 0. The Bertz CT molecular complexity index is 593. The average molecular weight is 283 g/mol. The first-order valence-electron chi connectivity index (χ1n) is 7.52. The highest BCUT2D eigenvalue weighted by atomic mass is 16.5. The van der Waals surface area contributed by atoms with Crippen LogP contribution in [0.1, 0.15) is 48.2 Å². The first-order chi connectivity index (χ1) is 10.3. The summed E-state index contributed by atoms with van der Waals surface area (Å²) in [5.74, 6) is 0.792. The molecule has 0 saturated carbocycles. The molecule has 1 aromatic carbocycles. The van der Waals surface area contributed by atoms with Gasteiger partial charge in [-0.1, -0.05) is 44.2 Å². The number of nitrogens with zero attached hydrogens (tertiary/aromatic N) is 1. The topological polar surface area (TPSA) is 39.2 Å². The van der Waals surface area contributed by atoms with Gasteiger partial charge in [0.2, 0.25) is 5.88 Å². The molecular formula is C18H21NO2. The van der Waals surface area contributed by atoms with Crippen LogP contribution in [-0.4, -0.2) is 10.8 Å². The predicted octanol–water partition coefficient (Wildman–Crippen LogP) is 4.21. The van der Waals surface area contributed by atoms with Gasteiger partial charge in [0.15, 0.2) is 5.78 Å². The average Bonchev–Trinajstić information content (AvgIpc) is 2.56. The van der Waals surface area contributed by atoms with E-state index in [2.05, 4.69) is 4.98 Å². The molecule has 0 atom stereocenters. The van der Waals surface area contributed by atoms with Crippen molar-refractivity contribution in [2.45, 2.75) is 39.7 Å². The summed E-state index contributed by atoms with van der Waals surface area (Å²) in [6, 6.07) is 11.9. The summed E-state index contributed by atoms with van der Waals surface area (Å²) in [6.07, 6.45) is 4.15. The maximum absolute atomic E-state index is 11.7. The third kappa shape index (κ3) is 3.91. The molecule has 1 heterocycles. The summed E-state index contributed by atoms with van der Waals surface area (Å²) < 4.78 is 5.67. The third-order valence-electron chi connectivity index (χ3n) is 3.34. The Labute approximate surface area is 126 Å². The lowest BCUT2D eigenvalue weighted by Gasteiger charge is -2.15. The Balaban J connectivity index is 0.000000774. The maximum Gasteiger partial charge on any atom is 0.213 e. The Kier molecular flexibility index (Phi) is 5.50. The summed E-state index contributed by atoms with van der Waals surface area (Å²) in [7, 11) is 0. The Morgan fingerprint density at radius 3 is 2.67 bits per heavy atom. The summed E-state index contributed by atoms with van der Waals surface area (Å²) in [4.78, 5) is 15.9. The quantitative estimate of drug-likeness (QED) is 0.847. The van der Waals surface area contributed by atoms with Crippen molar-refractivity contribution in [2.75, 3.05) is 0 Å². The normalized spacial score (nSPS) is 13.0. The van der Waals surface area contributed by atoms with Crippen LogP contribution in [0.15, 0.2) is 42.6 Å². The number of pyridine rings is 1. The molecule has 21 heavy (non-hydrogen) atoms. The molecule has 110 valence electrons. The van der Waals surface area contributed by atoms with Crippen molar-refractivity contribution < 1.29 is 9.53 Å². The van der Waals surface area contributed by atoms with Gasteiger partial charge < -0.3 is 4.74 Å². The van der Waals surface area contributed by atoms with Gasteiger partial charge in [0.1, 0.15) is 6.61 Å². The van der Waals surface area contributed by atoms with Gasteiger partial charge in [-0.05, 0) is 24.0 Å². The van der Waals surface area contributed by atoms with Crippen molar-refractivity contribution in [3.63, 3.8) is 0 Å². The first-order valence-corrected chi connectivity index (χ1v) is 7.52. The molecule has 0 N–H and O–H groups in total. The van der Waals surface area contributed by atoms with Gasteiger partial charge in [0.25, 0.3) is 0 Å². The van der Waals surface area contributed by atoms with Crippen LogP contribution >= 0.6 is 0 Å². The van der Waals surface area contributed by atoms with Crippen LogP contribution in [-0.2, 0) is 13.0 Å². The zero-order chi connectivity index (χ0) is 15.1. The molecule has 0 amide bonds. The molecule has 1 aliphatic carbocycles. The van der Waals surface area contributed by atoms with Gasteiger partial charge in [-0.15, -0.1) is 0 Å². The minimum absolute atomic E-state index is 0.198. The largest absolute Gasteiger partial charge is 0.473 e. The fourth-order valence-electron chi connectivity index (χ4n) is 2.32. The fourth-order valence-corrected chi connectivity index (χ4v) is 2.32. The van der Waals surface area contributed by atoms with Gasteiger partial charge in [-0.25, -0.2) is 4.98 Å². The van der Waals surface area contributed by atoms with E-state index in [0.29, 0.717) is 18.9 Å². The van der Waals surface area contributed by atoms with Gasteiger partial charge in [-0.2, -0.15) is 0 Å². The summed E-state index contributed by atoms with van der Waals surface area (Å²) >= 11 is 0. The molecule has 3 rings (SSSR count). The highest BCUT2D eigenvalue weighted by Crippen LogP contribution is 2.23. The number of hydrogen-bond donors (Lipinski definition) is 0. The molecule has 3 nitrogen and oxygen atoms in total. The number of fused-ring (bicyclic) bond motifs is 1. The van der Waals surface area contributed by atoms with Crippen LogP contribution in [0, 0.1) is 0 Å². The molecule has 1 aliphatic rings. The van der Waals surface area contributed by atoms with Crippen molar-refractivity contribution in [1.29, 1.82) is 0 Å². The Morgan fingerprint density at radius 2 is 1.90 bits per heavy atom. The Hall–Kier alpha value is -2.16. The van der Waals surface area contributed by atoms with Crippen LogP contribution in [0.5, 0.6) is 5.88 Å². The predicted molar refractivity (Wildman–Crippen MR) is 83.6 cm³/mol. The van der Waals surface area contributed by atoms with Crippen molar-refractivity contribution in [2.24, 2.45) is 0 Å². The molecule has 0 bridgehead atoms. The second-order valence-corrected chi connectivity index (χ2v) is 4.73. The van der Waals surface area contributed by atoms with E-state index in [1.807, 2.05) is 50.2 Å². The number of Topliss-reactive ketones (excluding diaryl/α,β-unsaturated/α-hetero) is 1. The molecule has 0 radical (unpaired) electrons. The number of ketones is 1. The van der Waals surface area contributed by atoms with Crippen LogP contribution < -0.4 is 4.74 Å². The molecule has 2 aromatic rings. The van der Waals surface area contributed by atoms with Gasteiger partial charge in [0, 0.05) is 24.2 Å². The van der Waals surface area contributed by atoms with E-state index >= 15 is 0 Å². The summed E-state index contributed by atoms with van der Waals surface area (Å²) in [6.45, 7) is 4.50. The number of ether oxygens (including phenoxy) is 1. The minimum atomic E-state index is 0.198. The standard InChI is InChI=1S/C16H15NO2.C2H6/c18-15-8-4-7-13-9-16(17-10-14(13)15)19-11-12-5-2-1-3-6-12;1-2/h1-3,5-6,9-10H,4,7-8,11H2;1-2H3.